The number of anilines is 3. The van der Waals surface area contributed by atoms with E-state index in [1.807, 2.05) is 0 Å². The standard InChI is InChI=1S/C22H16Cl3F3N4O3S/c23-21(24,25)11-35-20(34)31-14-3-5-15(6-4-14)36-17-7-1-12(9-16(17)29)19(33)32-18-8-2-13(10-30-18)22(26,27)28/h1-10H,11,29H2,(H,31,34)(H,30,32,33). The van der Waals surface area contributed by atoms with Crippen molar-refractivity contribution in [2.75, 3.05) is 23.0 Å². The summed E-state index contributed by atoms with van der Waals surface area (Å²) >= 11 is 17.9. The maximum Gasteiger partial charge on any atom is 0.417 e. The fraction of sp³-hybridized carbons (Fsp3) is 0.136. The number of alkyl halides is 6. The van der Waals surface area contributed by atoms with Crippen LogP contribution in [0.4, 0.5) is 35.2 Å². The van der Waals surface area contributed by atoms with Gasteiger partial charge in [0.25, 0.3) is 5.91 Å². The predicted molar refractivity (Wildman–Crippen MR) is 134 cm³/mol. The molecule has 4 N–H and O–H groups in total. The second-order valence-electron chi connectivity index (χ2n) is 7.08. The summed E-state index contributed by atoms with van der Waals surface area (Å²) in [6.07, 6.45) is -4.67. The van der Waals surface area contributed by atoms with Crippen LogP contribution in [0.1, 0.15) is 15.9 Å². The smallest absolute Gasteiger partial charge is 0.417 e. The molecule has 0 aliphatic rings. The molecule has 2 aromatic carbocycles. The van der Waals surface area contributed by atoms with Gasteiger partial charge in [-0.15, -0.1) is 0 Å². The minimum absolute atomic E-state index is 0.0325. The second-order valence-corrected chi connectivity index (χ2v) is 10.7. The third-order valence-corrected chi connectivity index (χ3v) is 5.73. The lowest BCUT2D eigenvalue weighted by Crippen LogP contribution is -2.21. The number of benzene rings is 2. The molecule has 1 aromatic heterocycles. The molecule has 36 heavy (non-hydrogen) atoms. The monoisotopic (exact) mass is 578 g/mol. The summed E-state index contributed by atoms with van der Waals surface area (Å²) in [5.74, 6) is -0.613. The molecule has 1 heterocycles. The molecule has 0 unspecified atom stereocenters. The second kappa shape index (κ2) is 11.5. The molecule has 0 fully saturated rings. The van der Waals surface area contributed by atoms with E-state index in [0.29, 0.717) is 22.5 Å². The lowest BCUT2D eigenvalue weighted by molar-refractivity contribution is -0.137. The molecule has 0 atom stereocenters. The average molecular weight is 580 g/mol. The third kappa shape index (κ3) is 8.37. The van der Waals surface area contributed by atoms with Gasteiger partial charge in [0.2, 0.25) is 3.79 Å². The van der Waals surface area contributed by atoms with Gasteiger partial charge in [0, 0.05) is 32.9 Å². The van der Waals surface area contributed by atoms with E-state index in [2.05, 4.69) is 15.6 Å². The number of rotatable bonds is 6. The van der Waals surface area contributed by atoms with E-state index in [1.54, 1.807) is 30.3 Å². The first kappa shape index (κ1) is 27.7. The van der Waals surface area contributed by atoms with Gasteiger partial charge >= 0.3 is 12.3 Å². The molecule has 0 aliphatic heterocycles. The zero-order chi connectivity index (χ0) is 26.5. The summed E-state index contributed by atoms with van der Waals surface area (Å²) in [6.45, 7) is -0.411. The number of pyridine rings is 1. The van der Waals surface area contributed by atoms with E-state index in [-0.39, 0.29) is 11.4 Å². The molecule has 0 aliphatic carbocycles. The summed E-state index contributed by atoms with van der Waals surface area (Å²) in [4.78, 5) is 29.2. The van der Waals surface area contributed by atoms with Crippen LogP contribution in [0.5, 0.6) is 0 Å². The van der Waals surface area contributed by atoms with Crippen LogP contribution in [-0.2, 0) is 10.9 Å². The van der Waals surface area contributed by atoms with Crippen molar-refractivity contribution in [3.63, 3.8) is 0 Å². The van der Waals surface area contributed by atoms with Crippen LogP contribution in [0.25, 0.3) is 0 Å². The number of hydrogen-bond acceptors (Lipinski definition) is 6. The van der Waals surface area contributed by atoms with Gasteiger partial charge in [-0.3, -0.25) is 10.1 Å². The molecule has 0 saturated heterocycles. The van der Waals surface area contributed by atoms with Gasteiger partial charge in [-0.1, -0.05) is 46.6 Å². The van der Waals surface area contributed by atoms with Gasteiger partial charge in [-0.25, -0.2) is 9.78 Å². The van der Waals surface area contributed by atoms with Gasteiger partial charge in [0.1, 0.15) is 12.4 Å². The van der Waals surface area contributed by atoms with E-state index in [0.717, 1.165) is 17.0 Å². The van der Waals surface area contributed by atoms with Crippen molar-refractivity contribution in [1.82, 2.24) is 4.98 Å². The first-order valence-corrected chi connectivity index (χ1v) is 11.8. The van der Waals surface area contributed by atoms with Crippen molar-refractivity contribution in [2.45, 2.75) is 19.8 Å². The lowest BCUT2D eigenvalue weighted by atomic mass is 10.2. The van der Waals surface area contributed by atoms with E-state index >= 15 is 0 Å². The zero-order valence-electron chi connectivity index (χ0n) is 17.9. The molecule has 0 radical (unpaired) electrons. The number of nitrogens with one attached hydrogen (secondary N) is 2. The quantitative estimate of drug-likeness (QED) is 0.214. The molecule has 7 nitrogen and oxygen atoms in total. The van der Waals surface area contributed by atoms with Gasteiger partial charge in [-0.2, -0.15) is 13.2 Å². The Morgan fingerprint density at radius 1 is 1.00 bits per heavy atom. The zero-order valence-corrected chi connectivity index (χ0v) is 21.0. The number of carbonyl (C=O) groups is 2. The SMILES string of the molecule is Nc1cc(C(=O)Nc2ccc(C(F)(F)F)cn2)ccc1Sc1ccc(NC(=O)OCC(Cl)(Cl)Cl)cc1. The summed E-state index contributed by atoms with van der Waals surface area (Å²) < 4.78 is 41.0. The molecule has 0 bridgehead atoms. The highest BCUT2D eigenvalue weighted by molar-refractivity contribution is 7.99. The Labute approximate surface area is 222 Å². The Bertz CT molecular complexity index is 1240. The molecular formula is C22H16Cl3F3N4O3S. The number of amides is 2. The Kier molecular flexibility index (Phi) is 8.83. The molecule has 14 heteroatoms. The minimum atomic E-state index is -4.52. The van der Waals surface area contributed by atoms with Crippen molar-refractivity contribution in [2.24, 2.45) is 0 Å². The van der Waals surface area contributed by atoms with E-state index in [9.17, 15) is 22.8 Å². The van der Waals surface area contributed by atoms with Gasteiger partial charge in [0.15, 0.2) is 0 Å². The van der Waals surface area contributed by atoms with Gasteiger partial charge in [-0.05, 0) is 54.6 Å². The molecule has 0 saturated carbocycles. The summed E-state index contributed by atoms with van der Waals surface area (Å²) in [7, 11) is 0. The van der Waals surface area contributed by atoms with E-state index in [4.69, 9.17) is 45.3 Å². The normalized spacial score (nSPS) is 11.6. The van der Waals surface area contributed by atoms with Crippen molar-refractivity contribution in [3.8, 4) is 0 Å². The maximum atomic E-state index is 12.6. The van der Waals surface area contributed by atoms with Crippen LogP contribution in [0.3, 0.4) is 0 Å². The number of aromatic nitrogens is 1. The summed E-state index contributed by atoms with van der Waals surface area (Å²) in [5.41, 5.74) is 6.12. The van der Waals surface area contributed by atoms with Crippen LogP contribution in [-0.4, -0.2) is 27.4 Å². The number of halogens is 6. The van der Waals surface area contributed by atoms with E-state index in [1.165, 1.54) is 23.9 Å². The Morgan fingerprint density at radius 3 is 2.25 bits per heavy atom. The van der Waals surface area contributed by atoms with Crippen LogP contribution < -0.4 is 16.4 Å². The number of nitrogens with zero attached hydrogens (tertiary/aromatic N) is 1. The highest BCUT2D eigenvalue weighted by Gasteiger charge is 2.30. The molecular weight excluding hydrogens is 564 g/mol. The molecule has 190 valence electrons. The Hall–Kier alpha value is -2.86. The fourth-order valence-electron chi connectivity index (χ4n) is 2.64. The van der Waals surface area contributed by atoms with Gasteiger partial charge < -0.3 is 15.8 Å². The predicted octanol–water partition coefficient (Wildman–Crippen LogP) is 7.00. The van der Waals surface area contributed by atoms with Crippen LogP contribution >= 0.6 is 46.6 Å². The minimum Gasteiger partial charge on any atom is -0.445 e. The molecule has 0 spiro atoms. The highest BCUT2D eigenvalue weighted by Crippen LogP contribution is 2.34. The first-order chi connectivity index (χ1) is 16.8. The third-order valence-electron chi connectivity index (χ3n) is 4.30. The van der Waals surface area contributed by atoms with Crippen molar-refractivity contribution < 1.29 is 27.5 Å². The number of hydrogen-bond donors (Lipinski definition) is 3. The van der Waals surface area contributed by atoms with Crippen LogP contribution in [0, 0.1) is 0 Å². The van der Waals surface area contributed by atoms with Crippen molar-refractivity contribution in [1.29, 1.82) is 0 Å². The molecule has 3 aromatic rings. The van der Waals surface area contributed by atoms with Crippen LogP contribution in [0.2, 0.25) is 0 Å². The number of ether oxygens (including phenoxy) is 1. The Morgan fingerprint density at radius 2 is 1.69 bits per heavy atom. The first-order valence-electron chi connectivity index (χ1n) is 9.83. The summed E-state index contributed by atoms with van der Waals surface area (Å²) in [5, 5.41) is 4.92. The summed E-state index contributed by atoms with van der Waals surface area (Å²) in [6, 6.07) is 13.2. The van der Waals surface area contributed by atoms with Crippen molar-refractivity contribution >= 4 is 75.8 Å². The average Bonchev–Trinajstić information content (AvgIpc) is 2.79. The lowest BCUT2D eigenvalue weighted by Gasteiger charge is -2.12. The maximum absolute atomic E-state index is 12.6. The molecule has 3 rings (SSSR count). The fourth-order valence-corrected chi connectivity index (χ4v) is 3.64. The van der Waals surface area contributed by atoms with E-state index < -0.39 is 34.1 Å². The van der Waals surface area contributed by atoms with Gasteiger partial charge in [0.05, 0.1) is 5.56 Å². The number of nitrogen functional groups attached to an aromatic ring is 1. The van der Waals surface area contributed by atoms with Crippen LogP contribution in [0.15, 0.2) is 70.6 Å². The number of nitrogens with two attached hydrogens (primary N) is 1. The highest BCUT2D eigenvalue weighted by atomic mass is 35.6. The largest absolute Gasteiger partial charge is 0.445 e. The topological polar surface area (TPSA) is 106 Å². The number of carbonyl (C=O) groups excluding carboxylic acids is 2. The molecule has 2 amide bonds. The Balaban J connectivity index is 1.59. The van der Waals surface area contributed by atoms with Crippen molar-refractivity contribution in [3.05, 3.63) is 71.9 Å².